The molecule has 0 bridgehead atoms. The standard InChI is InChI=1S/C19H22N2O4S/c22-17(10-11-20-19(25)16-8-5-13-26-16)21(12-4-9-18(23)24)14-15-6-2-1-3-7-15/h1-3,5-8,13H,4,9-12,14H2,(H,20,25)(H,23,24). The molecule has 7 heteroatoms. The van der Waals surface area contributed by atoms with E-state index in [0.717, 1.165) is 5.56 Å². The molecule has 0 fully saturated rings. The van der Waals surface area contributed by atoms with Crippen molar-refractivity contribution in [1.29, 1.82) is 0 Å². The minimum Gasteiger partial charge on any atom is -0.481 e. The van der Waals surface area contributed by atoms with Gasteiger partial charge in [-0.25, -0.2) is 0 Å². The number of rotatable bonds is 10. The minimum absolute atomic E-state index is 0.0215. The van der Waals surface area contributed by atoms with Gasteiger partial charge in [0, 0.05) is 32.5 Å². The molecule has 0 radical (unpaired) electrons. The van der Waals surface area contributed by atoms with Gasteiger partial charge in [0.15, 0.2) is 0 Å². The summed E-state index contributed by atoms with van der Waals surface area (Å²) in [5.41, 5.74) is 0.985. The van der Waals surface area contributed by atoms with Crippen LogP contribution in [0.3, 0.4) is 0 Å². The summed E-state index contributed by atoms with van der Waals surface area (Å²) >= 11 is 1.35. The number of hydrogen-bond donors (Lipinski definition) is 2. The monoisotopic (exact) mass is 374 g/mol. The summed E-state index contributed by atoms with van der Waals surface area (Å²) in [4.78, 5) is 37.4. The number of amides is 2. The SMILES string of the molecule is O=C(O)CCCN(Cc1ccccc1)C(=O)CCNC(=O)c1cccs1. The van der Waals surface area contributed by atoms with E-state index in [9.17, 15) is 14.4 Å². The lowest BCUT2D eigenvalue weighted by atomic mass is 10.2. The number of carboxylic acids is 1. The fraction of sp³-hybridized carbons (Fsp3) is 0.316. The number of hydrogen-bond acceptors (Lipinski definition) is 4. The van der Waals surface area contributed by atoms with Crippen LogP contribution in [0.25, 0.3) is 0 Å². The maximum Gasteiger partial charge on any atom is 0.303 e. The molecule has 2 amide bonds. The fourth-order valence-electron chi connectivity index (χ4n) is 2.45. The van der Waals surface area contributed by atoms with Crippen LogP contribution in [-0.4, -0.2) is 40.9 Å². The molecule has 6 nitrogen and oxygen atoms in total. The molecule has 0 aliphatic heterocycles. The number of carbonyl (C=O) groups excluding carboxylic acids is 2. The van der Waals surface area contributed by atoms with Crippen LogP contribution in [0.1, 0.15) is 34.5 Å². The highest BCUT2D eigenvalue weighted by molar-refractivity contribution is 7.12. The third kappa shape index (κ3) is 6.68. The average Bonchev–Trinajstić information content (AvgIpc) is 3.16. The summed E-state index contributed by atoms with van der Waals surface area (Å²) in [6, 6.07) is 13.1. The van der Waals surface area contributed by atoms with Gasteiger partial charge in [-0.15, -0.1) is 11.3 Å². The Hall–Kier alpha value is -2.67. The Labute approximate surface area is 156 Å². The third-order valence-electron chi connectivity index (χ3n) is 3.76. The van der Waals surface area contributed by atoms with Crippen molar-refractivity contribution in [1.82, 2.24) is 10.2 Å². The van der Waals surface area contributed by atoms with Crippen molar-refractivity contribution in [2.75, 3.05) is 13.1 Å². The Balaban J connectivity index is 1.86. The number of nitrogens with zero attached hydrogens (tertiary/aromatic N) is 1. The van der Waals surface area contributed by atoms with E-state index in [0.29, 0.717) is 24.4 Å². The zero-order valence-electron chi connectivity index (χ0n) is 14.4. The molecule has 1 heterocycles. The van der Waals surface area contributed by atoms with Gasteiger partial charge < -0.3 is 15.3 Å². The predicted octanol–water partition coefficient (Wildman–Crippen LogP) is 2.76. The van der Waals surface area contributed by atoms with Gasteiger partial charge in [0.1, 0.15) is 0 Å². The summed E-state index contributed by atoms with van der Waals surface area (Å²) in [5, 5.41) is 13.4. The van der Waals surface area contributed by atoms with Gasteiger partial charge >= 0.3 is 5.97 Å². The Morgan fingerprint density at radius 2 is 1.81 bits per heavy atom. The summed E-state index contributed by atoms with van der Waals surface area (Å²) in [5.74, 6) is -1.17. The van der Waals surface area contributed by atoms with Gasteiger partial charge in [-0.2, -0.15) is 0 Å². The molecular weight excluding hydrogens is 352 g/mol. The third-order valence-corrected chi connectivity index (χ3v) is 4.63. The Morgan fingerprint density at radius 3 is 2.46 bits per heavy atom. The van der Waals surface area contributed by atoms with Crippen molar-refractivity contribution < 1.29 is 19.5 Å². The second kappa shape index (κ2) is 10.4. The molecular formula is C19H22N2O4S. The van der Waals surface area contributed by atoms with Gasteiger partial charge in [0.25, 0.3) is 5.91 Å². The molecule has 0 saturated carbocycles. The summed E-state index contributed by atoms with van der Waals surface area (Å²) in [6.45, 7) is 1.05. The van der Waals surface area contributed by atoms with Gasteiger partial charge in [-0.1, -0.05) is 36.4 Å². The van der Waals surface area contributed by atoms with Gasteiger partial charge in [-0.05, 0) is 23.4 Å². The van der Waals surface area contributed by atoms with E-state index in [-0.39, 0.29) is 31.2 Å². The highest BCUT2D eigenvalue weighted by atomic mass is 32.1. The van der Waals surface area contributed by atoms with Crippen LogP contribution in [0.5, 0.6) is 0 Å². The molecule has 2 N–H and O–H groups in total. The van der Waals surface area contributed by atoms with Crippen LogP contribution >= 0.6 is 11.3 Å². The number of aliphatic carboxylic acids is 1. The van der Waals surface area contributed by atoms with Crippen molar-refractivity contribution in [3.05, 3.63) is 58.3 Å². The predicted molar refractivity (Wildman–Crippen MR) is 100.0 cm³/mol. The molecule has 0 unspecified atom stereocenters. The van der Waals surface area contributed by atoms with E-state index in [1.54, 1.807) is 17.0 Å². The molecule has 26 heavy (non-hydrogen) atoms. The molecule has 0 spiro atoms. The average molecular weight is 374 g/mol. The van der Waals surface area contributed by atoms with E-state index in [2.05, 4.69) is 5.32 Å². The normalized spacial score (nSPS) is 10.3. The van der Waals surface area contributed by atoms with Crippen LogP contribution in [0.15, 0.2) is 47.8 Å². The van der Waals surface area contributed by atoms with Crippen molar-refractivity contribution in [3.8, 4) is 0 Å². The van der Waals surface area contributed by atoms with Gasteiger partial charge in [0.05, 0.1) is 4.88 Å². The first kappa shape index (κ1) is 19.7. The Kier molecular flexibility index (Phi) is 7.82. The molecule has 138 valence electrons. The van der Waals surface area contributed by atoms with Crippen LogP contribution < -0.4 is 5.32 Å². The number of carboxylic acid groups (broad SMARTS) is 1. The van der Waals surface area contributed by atoms with Crippen LogP contribution in [0.2, 0.25) is 0 Å². The maximum absolute atomic E-state index is 12.5. The number of thiophene rings is 1. The molecule has 0 saturated heterocycles. The first-order valence-electron chi connectivity index (χ1n) is 8.41. The van der Waals surface area contributed by atoms with E-state index >= 15 is 0 Å². The fourth-order valence-corrected chi connectivity index (χ4v) is 3.09. The van der Waals surface area contributed by atoms with E-state index in [4.69, 9.17) is 5.11 Å². The highest BCUT2D eigenvalue weighted by Crippen LogP contribution is 2.09. The lowest BCUT2D eigenvalue weighted by Gasteiger charge is -2.23. The Morgan fingerprint density at radius 1 is 1.04 bits per heavy atom. The van der Waals surface area contributed by atoms with Crippen LogP contribution in [-0.2, 0) is 16.1 Å². The van der Waals surface area contributed by atoms with Crippen LogP contribution in [0, 0.1) is 0 Å². The van der Waals surface area contributed by atoms with E-state index < -0.39 is 5.97 Å². The van der Waals surface area contributed by atoms with Gasteiger partial charge in [0.2, 0.25) is 5.91 Å². The molecule has 0 aliphatic rings. The summed E-state index contributed by atoms with van der Waals surface area (Å²) in [6.07, 6.45) is 0.597. The smallest absolute Gasteiger partial charge is 0.303 e. The lowest BCUT2D eigenvalue weighted by molar-refractivity contribution is -0.138. The zero-order chi connectivity index (χ0) is 18.8. The maximum atomic E-state index is 12.5. The largest absolute Gasteiger partial charge is 0.481 e. The Bertz CT molecular complexity index is 716. The molecule has 0 atom stereocenters. The first-order chi connectivity index (χ1) is 12.6. The van der Waals surface area contributed by atoms with Crippen molar-refractivity contribution in [2.45, 2.75) is 25.8 Å². The van der Waals surface area contributed by atoms with Crippen molar-refractivity contribution >= 4 is 29.1 Å². The minimum atomic E-state index is -0.875. The van der Waals surface area contributed by atoms with Gasteiger partial charge in [-0.3, -0.25) is 14.4 Å². The summed E-state index contributed by atoms with van der Waals surface area (Å²) in [7, 11) is 0. The summed E-state index contributed by atoms with van der Waals surface area (Å²) < 4.78 is 0. The molecule has 1 aromatic heterocycles. The van der Waals surface area contributed by atoms with Crippen LogP contribution in [0.4, 0.5) is 0 Å². The molecule has 1 aromatic carbocycles. The second-order valence-electron chi connectivity index (χ2n) is 5.78. The van der Waals surface area contributed by atoms with E-state index in [1.165, 1.54) is 11.3 Å². The number of nitrogens with one attached hydrogen (secondary N) is 1. The number of benzene rings is 1. The zero-order valence-corrected chi connectivity index (χ0v) is 15.2. The van der Waals surface area contributed by atoms with Crippen molar-refractivity contribution in [2.24, 2.45) is 0 Å². The molecule has 2 rings (SSSR count). The molecule has 0 aliphatic carbocycles. The quantitative estimate of drug-likeness (QED) is 0.669. The topological polar surface area (TPSA) is 86.7 Å². The first-order valence-corrected chi connectivity index (χ1v) is 9.29. The second-order valence-corrected chi connectivity index (χ2v) is 6.73. The molecule has 2 aromatic rings. The van der Waals surface area contributed by atoms with E-state index in [1.807, 2.05) is 35.7 Å². The van der Waals surface area contributed by atoms with Crippen molar-refractivity contribution in [3.63, 3.8) is 0 Å². The lowest BCUT2D eigenvalue weighted by Crippen LogP contribution is -2.35. The highest BCUT2D eigenvalue weighted by Gasteiger charge is 2.15. The number of carbonyl (C=O) groups is 3.